The van der Waals surface area contributed by atoms with E-state index in [2.05, 4.69) is 20.9 Å². The third-order valence-electron chi connectivity index (χ3n) is 9.23. The Kier molecular flexibility index (Phi) is 7.56. The zero-order valence-corrected chi connectivity index (χ0v) is 27.3. The van der Waals surface area contributed by atoms with Gasteiger partial charge in [-0.1, -0.05) is 24.3 Å². The quantitative estimate of drug-likeness (QED) is 0.366. The summed E-state index contributed by atoms with van der Waals surface area (Å²) in [5, 5.41) is 0.556. The number of fused-ring (bicyclic) bond motifs is 4. The molecular formula is C32H41ClFN7O3. The third kappa shape index (κ3) is 4.98. The van der Waals surface area contributed by atoms with Crippen LogP contribution in [0.3, 0.4) is 0 Å². The minimum absolute atomic E-state index is 0.0139. The van der Waals surface area contributed by atoms with Gasteiger partial charge >= 0.3 is 6.09 Å². The van der Waals surface area contributed by atoms with Crippen LogP contribution in [0, 0.1) is 11.7 Å². The van der Waals surface area contributed by atoms with E-state index in [1.807, 2.05) is 39.8 Å². The molecule has 3 aliphatic heterocycles. The number of pyridine rings is 1. The van der Waals surface area contributed by atoms with E-state index in [0.717, 1.165) is 25.0 Å². The summed E-state index contributed by atoms with van der Waals surface area (Å²) in [5.74, 6) is 0.860. The van der Waals surface area contributed by atoms with Crippen LogP contribution in [0.1, 0.15) is 51.0 Å². The lowest BCUT2D eigenvalue weighted by atomic mass is 9.79. The van der Waals surface area contributed by atoms with Gasteiger partial charge in [-0.05, 0) is 52.9 Å². The Morgan fingerprint density at radius 2 is 1.86 bits per heavy atom. The first-order chi connectivity index (χ1) is 20.7. The highest BCUT2D eigenvalue weighted by Gasteiger charge is 2.56. The van der Waals surface area contributed by atoms with E-state index in [1.165, 1.54) is 0 Å². The van der Waals surface area contributed by atoms with Crippen LogP contribution < -0.4 is 4.90 Å². The Morgan fingerprint density at radius 3 is 2.48 bits per heavy atom. The van der Waals surface area contributed by atoms with E-state index in [-0.39, 0.29) is 47.0 Å². The van der Waals surface area contributed by atoms with Gasteiger partial charge in [-0.3, -0.25) is 4.79 Å². The van der Waals surface area contributed by atoms with Gasteiger partial charge in [-0.2, -0.15) is 0 Å². The number of rotatable bonds is 7. The molecule has 3 atom stereocenters. The lowest BCUT2D eigenvalue weighted by molar-refractivity contribution is -0.128. The van der Waals surface area contributed by atoms with Crippen LogP contribution in [0.4, 0.5) is 15.0 Å². The normalized spacial score (nSPS) is 21.6. The second-order valence-corrected chi connectivity index (χ2v) is 14.1. The van der Waals surface area contributed by atoms with E-state index < -0.39 is 11.4 Å². The van der Waals surface area contributed by atoms with E-state index in [0.29, 0.717) is 47.1 Å². The summed E-state index contributed by atoms with van der Waals surface area (Å²) in [5.41, 5.74) is 1.59. The maximum Gasteiger partial charge on any atom is 0.410 e. The molecule has 3 unspecified atom stereocenters. The first-order valence-corrected chi connectivity index (χ1v) is 15.5. The number of benzene rings is 1. The van der Waals surface area contributed by atoms with Gasteiger partial charge in [0.05, 0.1) is 22.6 Å². The average molecular weight is 626 g/mol. The Balaban J connectivity index is 1.57. The summed E-state index contributed by atoms with van der Waals surface area (Å²) in [6, 6.07) is 1.68. The Hall–Kier alpha value is -3.44. The Labute approximate surface area is 262 Å². The van der Waals surface area contributed by atoms with E-state index >= 15 is 4.39 Å². The number of aromatic nitrogens is 3. The molecule has 10 nitrogen and oxygen atoms in total. The van der Waals surface area contributed by atoms with Gasteiger partial charge in [-0.25, -0.2) is 19.2 Å². The van der Waals surface area contributed by atoms with Gasteiger partial charge in [0.1, 0.15) is 22.5 Å². The number of anilines is 1. The molecule has 236 valence electrons. The molecule has 4 aliphatic rings. The molecule has 5 heterocycles. The molecule has 2 amide bonds. The van der Waals surface area contributed by atoms with Crippen molar-refractivity contribution in [1.82, 2.24) is 29.2 Å². The molecule has 2 bridgehead atoms. The molecule has 0 N–H and O–H groups in total. The second-order valence-electron chi connectivity index (χ2n) is 13.7. The van der Waals surface area contributed by atoms with Crippen molar-refractivity contribution < 1.29 is 18.7 Å². The number of ether oxygens (including phenoxy) is 1. The van der Waals surface area contributed by atoms with Gasteiger partial charge < -0.3 is 28.9 Å². The van der Waals surface area contributed by atoms with Crippen molar-refractivity contribution in [2.45, 2.75) is 63.8 Å². The molecule has 0 spiro atoms. The van der Waals surface area contributed by atoms with Crippen molar-refractivity contribution in [2.24, 2.45) is 5.92 Å². The summed E-state index contributed by atoms with van der Waals surface area (Å²) in [6.45, 7) is 11.6. The third-order valence-corrected chi connectivity index (χ3v) is 9.50. The number of aryl methyl sites for hydroxylation is 1. The van der Waals surface area contributed by atoms with Gasteiger partial charge in [0.2, 0.25) is 5.91 Å². The van der Waals surface area contributed by atoms with E-state index in [1.54, 1.807) is 31.1 Å². The predicted octanol–water partition coefficient (Wildman–Crippen LogP) is 4.97. The van der Waals surface area contributed by atoms with Gasteiger partial charge in [-0.15, -0.1) is 0 Å². The zero-order valence-electron chi connectivity index (χ0n) is 26.5. The van der Waals surface area contributed by atoms with Crippen molar-refractivity contribution >= 4 is 57.4 Å². The second kappa shape index (κ2) is 10.9. The number of carbonyl (C=O) groups is 2. The highest BCUT2D eigenvalue weighted by atomic mass is 35.5. The molecule has 1 aromatic carbocycles. The highest BCUT2D eigenvalue weighted by molar-refractivity contribution is 6.32. The summed E-state index contributed by atoms with van der Waals surface area (Å²) in [7, 11) is 7.55. The fourth-order valence-corrected chi connectivity index (χ4v) is 7.00. The lowest BCUT2D eigenvalue weighted by Gasteiger charge is -2.43. The summed E-state index contributed by atoms with van der Waals surface area (Å²) in [4.78, 5) is 43.7. The van der Waals surface area contributed by atoms with Crippen molar-refractivity contribution in [3.63, 3.8) is 0 Å². The van der Waals surface area contributed by atoms with Crippen molar-refractivity contribution in [2.75, 3.05) is 52.7 Å². The zero-order chi connectivity index (χ0) is 31.8. The number of amides is 2. The molecule has 44 heavy (non-hydrogen) atoms. The number of hydrogen-bond acceptors (Lipinski definition) is 7. The molecule has 2 aromatic heterocycles. The SMILES string of the molecule is C=Cc1cc(Cl)c(F)c2nc(N3CC(N(C)C)C3)c3nc(CCC(=O)N(C)C)n(C4C5CC4N(C(=O)OC(C)(C)C)C5)c3c12. The van der Waals surface area contributed by atoms with Crippen LogP contribution in [0.5, 0.6) is 0 Å². The fourth-order valence-electron chi connectivity index (χ4n) is 6.80. The lowest BCUT2D eigenvalue weighted by Crippen LogP contribution is -2.57. The number of carbonyl (C=O) groups excluding carboxylic acids is 2. The number of likely N-dealkylation sites (N-methyl/N-ethyl adjacent to an activating group) is 1. The summed E-state index contributed by atoms with van der Waals surface area (Å²) in [6.07, 6.45) is 2.80. The van der Waals surface area contributed by atoms with Crippen LogP contribution in [0.15, 0.2) is 12.6 Å². The van der Waals surface area contributed by atoms with Crippen LogP contribution in [-0.2, 0) is 16.0 Å². The van der Waals surface area contributed by atoms with Crippen LogP contribution in [0.2, 0.25) is 5.02 Å². The standard InChI is InChI=1S/C32H41ClFN7O3/c1-9-17-12-20(33)25(34)26-24(17)29-27(30(36-26)39-15-19(16-39)37(5)6)35-22(10-11-23(42)38(7)8)41(29)28-18-13-21(28)40(14-18)31(43)44-32(2,3)4/h9,12,18-19,21,28H,1,10-11,13-16H2,2-8H3. The fraction of sp³-hybridized carbons (Fsp3) is 0.562. The minimum Gasteiger partial charge on any atom is -0.444 e. The number of nitrogens with zero attached hydrogens (tertiary/aromatic N) is 7. The molecule has 3 saturated heterocycles. The molecular weight excluding hydrogens is 585 g/mol. The first-order valence-electron chi connectivity index (χ1n) is 15.2. The largest absolute Gasteiger partial charge is 0.444 e. The van der Waals surface area contributed by atoms with E-state index in [4.69, 9.17) is 26.3 Å². The maximum atomic E-state index is 15.9. The topological polar surface area (TPSA) is 87.0 Å². The number of hydrogen-bond donors (Lipinski definition) is 0. The van der Waals surface area contributed by atoms with Gasteiger partial charge in [0.25, 0.3) is 0 Å². The smallest absolute Gasteiger partial charge is 0.410 e. The Morgan fingerprint density at radius 1 is 1.16 bits per heavy atom. The van der Waals surface area contributed by atoms with E-state index in [9.17, 15) is 9.59 Å². The molecule has 4 fully saturated rings. The molecule has 3 aromatic rings. The number of halogens is 2. The van der Waals surface area contributed by atoms with Gasteiger partial charge in [0.15, 0.2) is 11.6 Å². The number of imidazole rings is 1. The van der Waals surface area contributed by atoms with Crippen molar-refractivity contribution in [1.29, 1.82) is 0 Å². The summed E-state index contributed by atoms with van der Waals surface area (Å²) >= 11 is 6.38. The Bertz CT molecular complexity index is 1670. The minimum atomic E-state index is -0.618. The maximum absolute atomic E-state index is 15.9. The van der Waals surface area contributed by atoms with Crippen molar-refractivity contribution in [3.05, 3.63) is 34.9 Å². The van der Waals surface area contributed by atoms with Crippen LogP contribution in [-0.4, -0.2) is 107 Å². The summed E-state index contributed by atoms with van der Waals surface area (Å²) < 4.78 is 23.8. The highest BCUT2D eigenvalue weighted by Crippen LogP contribution is 2.53. The molecule has 1 saturated carbocycles. The monoisotopic (exact) mass is 625 g/mol. The molecule has 0 radical (unpaired) electrons. The molecule has 1 aliphatic carbocycles. The molecule has 12 heteroatoms. The molecule has 7 rings (SSSR count). The van der Waals surface area contributed by atoms with Crippen molar-refractivity contribution in [3.8, 4) is 0 Å². The van der Waals surface area contributed by atoms with Gasteiger partial charge in [0, 0.05) is 63.9 Å². The van der Waals surface area contributed by atoms with Crippen LogP contribution in [0.25, 0.3) is 28.0 Å². The van der Waals surface area contributed by atoms with Crippen LogP contribution >= 0.6 is 11.6 Å². The predicted molar refractivity (Wildman–Crippen MR) is 171 cm³/mol. The average Bonchev–Trinajstić information content (AvgIpc) is 3.60. The first kappa shape index (κ1) is 30.6.